The zero-order valence-electron chi connectivity index (χ0n) is 9.85. The van der Waals surface area contributed by atoms with Crippen molar-refractivity contribution in [2.45, 2.75) is 25.9 Å². The van der Waals surface area contributed by atoms with E-state index in [1.165, 1.54) is 4.88 Å². The van der Waals surface area contributed by atoms with Gasteiger partial charge in [0.05, 0.1) is 11.8 Å². The summed E-state index contributed by atoms with van der Waals surface area (Å²) in [5.41, 5.74) is 1.92. The van der Waals surface area contributed by atoms with E-state index in [-0.39, 0.29) is 0 Å². The van der Waals surface area contributed by atoms with E-state index in [0.717, 1.165) is 22.2 Å². The number of hydrogen-bond acceptors (Lipinski definition) is 3. The zero-order valence-corrected chi connectivity index (χ0v) is 12.3. The largest absolute Gasteiger partial charge is 0.388 e. The highest BCUT2D eigenvalue weighted by atomic mass is 79.9. The molecule has 0 fully saturated rings. The lowest BCUT2D eigenvalue weighted by atomic mass is 10.1. The van der Waals surface area contributed by atoms with Crippen LogP contribution >= 0.6 is 27.3 Å². The molecule has 0 aliphatic rings. The second-order valence-corrected chi connectivity index (χ2v) is 5.82. The SMILES string of the molecule is CCc1nn(C)cc1C(O)Cc1sccc1Br. The maximum atomic E-state index is 10.3. The maximum absolute atomic E-state index is 10.3. The Morgan fingerprint density at radius 2 is 2.35 bits per heavy atom. The molecule has 2 rings (SSSR count). The van der Waals surface area contributed by atoms with Crippen LogP contribution in [0.2, 0.25) is 0 Å². The number of nitrogens with zero attached hydrogens (tertiary/aromatic N) is 2. The second-order valence-electron chi connectivity index (χ2n) is 3.97. The van der Waals surface area contributed by atoms with Gasteiger partial charge in [-0.1, -0.05) is 6.92 Å². The van der Waals surface area contributed by atoms with E-state index in [1.807, 2.05) is 24.7 Å². The summed E-state index contributed by atoms with van der Waals surface area (Å²) in [6, 6.07) is 2.01. The summed E-state index contributed by atoms with van der Waals surface area (Å²) in [6.45, 7) is 2.06. The molecule has 3 nitrogen and oxygen atoms in total. The summed E-state index contributed by atoms with van der Waals surface area (Å²) >= 11 is 5.15. The van der Waals surface area contributed by atoms with E-state index in [2.05, 4.69) is 28.0 Å². The van der Waals surface area contributed by atoms with Crippen LogP contribution in [-0.4, -0.2) is 14.9 Å². The number of aryl methyl sites for hydroxylation is 2. The van der Waals surface area contributed by atoms with Crippen LogP contribution in [0.25, 0.3) is 0 Å². The predicted molar refractivity (Wildman–Crippen MR) is 73.3 cm³/mol. The molecular weight excluding hydrogens is 300 g/mol. The molecule has 0 spiro atoms. The van der Waals surface area contributed by atoms with Gasteiger partial charge in [0.1, 0.15) is 0 Å². The normalized spacial score (nSPS) is 12.9. The molecular formula is C12H15BrN2OS. The number of aliphatic hydroxyl groups is 1. The maximum Gasteiger partial charge on any atom is 0.0871 e. The van der Waals surface area contributed by atoms with Crippen LogP contribution in [0.4, 0.5) is 0 Å². The van der Waals surface area contributed by atoms with Crippen molar-refractivity contribution in [3.63, 3.8) is 0 Å². The fourth-order valence-electron chi connectivity index (χ4n) is 1.86. The van der Waals surface area contributed by atoms with Crippen molar-refractivity contribution in [1.29, 1.82) is 0 Å². The number of aliphatic hydroxyl groups excluding tert-OH is 1. The van der Waals surface area contributed by atoms with Crippen LogP contribution in [0, 0.1) is 0 Å². The van der Waals surface area contributed by atoms with Crippen molar-refractivity contribution < 1.29 is 5.11 Å². The van der Waals surface area contributed by atoms with Gasteiger partial charge in [0.25, 0.3) is 0 Å². The minimum atomic E-state index is -0.478. The molecule has 0 saturated carbocycles. The van der Waals surface area contributed by atoms with Gasteiger partial charge in [-0.05, 0) is 33.8 Å². The van der Waals surface area contributed by atoms with E-state index in [1.54, 1.807) is 16.0 Å². The molecule has 5 heteroatoms. The topological polar surface area (TPSA) is 38.0 Å². The summed E-state index contributed by atoms with van der Waals surface area (Å²) in [7, 11) is 1.89. The highest BCUT2D eigenvalue weighted by Gasteiger charge is 2.17. The molecule has 2 heterocycles. The zero-order chi connectivity index (χ0) is 12.4. The molecule has 2 aromatic heterocycles. The molecule has 0 bridgehead atoms. The van der Waals surface area contributed by atoms with E-state index < -0.39 is 6.10 Å². The minimum absolute atomic E-state index is 0.478. The number of thiophene rings is 1. The molecule has 0 aliphatic heterocycles. The standard InChI is InChI=1S/C12H15BrN2OS/c1-3-10-8(7-15(2)14-10)11(16)6-12-9(13)4-5-17-12/h4-5,7,11,16H,3,6H2,1-2H3. The molecule has 0 saturated heterocycles. The van der Waals surface area contributed by atoms with Gasteiger partial charge in [0, 0.05) is 34.6 Å². The van der Waals surface area contributed by atoms with Crippen LogP contribution < -0.4 is 0 Å². The number of aromatic nitrogens is 2. The Hall–Kier alpha value is -0.650. The second kappa shape index (κ2) is 5.33. The quantitative estimate of drug-likeness (QED) is 0.941. The fraction of sp³-hybridized carbons (Fsp3) is 0.417. The third-order valence-electron chi connectivity index (χ3n) is 2.70. The average Bonchev–Trinajstić information content (AvgIpc) is 2.85. The van der Waals surface area contributed by atoms with E-state index in [9.17, 15) is 5.11 Å². The van der Waals surface area contributed by atoms with Crippen LogP contribution in [0.1, 0.15) is 29.2 Å². The fourth-order valence-corrected chi connectivity index (χ4v) is 3.41. The van der Waals surface area contributed by atoms with Crippen molar-refractivity contribution in [2.75, 3.05) is 0 Å². The van der Waals surface area contributed by atoms with Crippen molar-refractivity contribution in [2.24, 2.45) is 7.05 Å². The lowest BCUT2D eigenvalue weighted by molar-refractivity contribution is 0.178. The molecule has 1 atom stereocenters. The van der Waals surface area contributed by atoms with Crippen molar-refractivity contribution >= 4 is 27.3 Å². The average molecular weight is 315 g/mol. The van der Waals surface area contributed by atoms with Crippen molar-refractivity contribution in [3.8, 4) is 0 Å². The van der Waals surface area contributed by atoms with Gasteiger partial charge in [-0.2, -0.15) is 5.10 Å². The molecule has 1 unspecified atom stereocenters. The molecule has 0 radical (unpaired) electrons. The van der Waals surface area contributed by atoms with E-state index in [0.29, 0.717) is 6.42 Å². The third kappa shape index (κ3) is 2.78. The molecule has 0 aromatic carbocycles. The Bertz CT molecular complexity index is 506. The minimum Gasteiger partial charge on any atom is -0.388 e. The van der Waals surface area contributed by atoms with E-state index in [4.69, 9.17) is 0 Å². The van der Waals surface area contributed by atoms with Crippen LogP contribution in [0.15, 0.2) is 22.1 Å². The molecule has 92 valence electrons. The molecule has 17 heavy (non-hydrogen) atoms. The van der Waals surface area contributed by atoms with Gasteiger partial charge >= 0.3 is 0 Å². The molecule has 0 aliphatic carbocycles. The summed E-state index contributed by atoms with van der Waals surface area (Å²) in [5, 5.41) is 16.6. The number of rotatable bonds is 4. The Labute approximate surface area is 113 Å². The first-order chi connectivity index (χ1) is 8.11. The first-order valence-corrected chi connectivity index (χ1v) is 7.21. The first kappa shape index (κ1) is 12.8. The summed E-state index contributed by atoms with van der Waals surface area (Å²) in [5.74, 6) is 0. The van der Waals surface area contributed by atoms with Crippen LogP contribution in [0.3, 0.4) is 0 Å². The van der Waals surface area contributed by atoms with Crippen LogP contribution in [-0.2, 0) is 19.9 Å². The summed E-state index contributed by atoms with van der Waals surface area (Å²) in [6.07, 6.45) is 2.91. The Morgan fingerprint density at radius 1 is 1.59 bits per heavy atom. The van der Waals surface area contributed by atoms with Gasteiger partial charge in [0.15, 0.2) is 0 Å². The number of hydrogen-bond donors (Lipinski definition) is 1. The van der Waals surface area contributed by atoms with Crippen LogP contribution in [0.5, 0.6) is 0 Å². The van der Waals surface area contributed by atoms with Crippen molar-refractivity contribution in [3.05, 3.63) is 38.3 Å². The van der Waals surface area contributed by atoms with Gasteiger partial charge in [-0.25, -0.2) is 0 Å². The monoisotopic (exact) mass is 314 g/mol. The Morgan fingerprint density at radius 3 is 2.94 bits per heavy atom. The predicted octanol–water partition coefficient (Wildman–Crippen LogP) is 3.08. The van der Waals surface area contributed by atoms with Gasteiger partial charge < -0.3 is 5.11 Å². The van der Waals surface area contributed by atoms with Gasteiger partial charge in [0.2, 0.25) is 0 Å². The Balaban J connectivity index is 2.19. The van der Waals surface area contributed by atoms with Gasteiger partial charge in [-0.3, -0.25) is 4.68 Å². The Kier molecular flexibility index (Phi) is 4.01. The molecule has 2 aromatic rings. The first-order valence-electron chi connectivity index (χ1n) is 5.54. The lowest BCUT2D eigenvalue weighted by Crippen LogP contribution is -2.02. The third-order valence-corrected chi connectivity index (χ3v) is 4.65. The summed E-state index contributed by atoms with van der Waals surface area (Å²) < 4.78 is 2.84. The van der Waals surface area contributed by atoms with E-state index >= 15 is 0 Å². The molecule has 0 amide bonds. The molecule has 1 N–H and O–H groups in total. The highest BCUT2D eigenvalue weighted by Crippen LogP contribution is 2.29. The van der Waals surface area contributed by atoms with Crippen molar-refractivity contribution in [1.82, 2.24) is 9.78 Å². The smallest absolute Gasteiger partial charge is 0.0871 e. The highest BCUT2D eigenvalue weighted by molar-refractivity contribution is 9.10. The summed E-state index contributed by atoms with van der Waals surface area (Å²) in [4.78, 5) is 1.17. The van der Waals surface area contributed by atoms with Gasteiger partial charge in [-0.15, -0.1) is 11.3 Å². The number of halogens is 1. The lowest BCUT2D eigenvalue weighted by Gasteiger charge is -2.09.